The highest BCUT2D eigenvalue weighted by atomic mass is 16.5. The van der Waals surface area contributed by atoms with Crippen LogP contribution in [-0.2, 0) is 6.61 Å². The number of ether oxygens (including phenoxy) is 2. The first kappa shape index (κ1) is 13.2. The Balaban J connectivity index is 2.12. The number of aliphatic hydroxyl groups excluding tert-OH is 1. The molecule has 2 rings (SSSR count). The van der Waals surface area contributed by atoms with E-state index < -0.39 is 5.60 Å². The van der Waals surface area contributed by atoms with Crippen molar-refractivity contribution in [2.45, 2.75) is 37.9 Å². The van der Waals surface area contributed by atoms with Crippen LogP contribution in [0.15, 0.2) is 18.2 Å². The molecule has 0 aliphatic heterocycles. The summed E-state index contributed by atoms with van der Waals surface area (Å²) in [6.45, 7) is 0.144. The largest absolute Gasteiger partial charge is 0.493 e. The summed E-state index contributed by atoms with van der Waals surface area (Å²) in [4.78, 5) is 0. The summed E-state index contributed by atoms with van der Waals surface area (Å²) in [5.74, 6) is 1.12. The number of hydrogen-bond acceptors (Lipinski definition) is 4. The molecule has 4 heteroatoms. The smallest absolute Gasteiger partial charge is 0.166 e. The molecule has 1 aliphatic carbocycles. The van der Waals surface area contributed by atoms with Crippen LogP contribution >= 0.6 is 0 Å². The Morgan fingerprint density at radius 1 is 1.28 bits per heavy atom. The lowest BCUT2D eigenvalue weighted by Crippen LogP contribution is -2.32. The molecule has 4 nitrogen and oxygen atoms in total. The molecule has 18 heavy (non-hydrogen) atoms. The summed E-state index contributed by atoms with van der Waals surface area (Å²) in [5.41, 5.74) is -0.0518. The molecule has 0 unspecified atom stereocenters. The molecule has 0 radical (unpaired) electrons. The molecule has 0 bridgehead atoms. The van der Waals surface area contributed by atoms with E-state index in [4.69, 9.17) is 9.47 Å². The number of para-hydroxylation sites is 1. The van der Waals surface area contributed by atoms with Gasteiger partial charge in [0.15, 0.2) is 11.5 Å². The number of hydrogen-bond donors (Lipinski definition) is 2. The Bertz CT molecular complexity index is 375. The van der Waals surface area contributed by atoms with Gasteiger partial charge in [0.1, 0.15) is 6.61 Å². The van der Waals surface area contributed by atoms with Crippen molar-refractivity contribution in [2.75, 3.05) is 13.7 Å². The van der Waals surface area contributed by atoms with Gasteiger partial charge in [-0.3, -0.25) is 0 Å². The maximum atomic E-state index is 10.3. The molecular formula is C14H20O4. The molecule has 1 aliphatic rings. The molecule has 0 heterocycles. The molecule has 1 aromatic carbocycles. The van der Waals surface area contributed by atoms with Gasteiger partial charge in [0, 0.05) is 5.56 Å². The normalized spacial score (nSPS) is 17.7. The summed E-state index contributed by atoms with van der Waals surface area (Å²) in [6, 6.07) is 5.38. The third kappa shape index (κ3) is 2.76. The van der Waals surface area contributed by atoms with E-state index in [0.717, 1.165) is 25.7 Å². The lowest BCUT2D eigenvalue weighted by Gasteiger charge is -2.23. The third-order valence-electron chi connectivity index (χ3n) is 3.47. The second kappa shape index (κ2) is 5.59. The van der Waals surface area contributed by atoms with Gasteiger partial charge >= 0.3 is 0 Å². The standard InChI is InChI=1S/C14H20O4/c1-17-12-6-4-5-11(9-15)13(12)18-10-14(16)7-2-3-8-14/h4-6,15-16H,2-3,7-10H2,1H3. The van der Waals surface area contributed by atoms with Gasteiger partial charge in [-0.05, 0) is 18.9 Å². The van der Waals surface area contributed by atoms with Crippen LogP contribution in [0.2, 0.25) is 0 Å². The summed E-state index contributed by atoms with van der Waals surface area (Å²) in [5, 5.41) is 19.5. The van der Waals surface area contributed by atoms with E-state index in [1.165, 1.54) is 0 Å². The summed E-state index contributed by atoms with van der Waals surface area (Å²) in [6.07, 6.45) is 3.63. The second-order valence-electron chi connectivity index (χ2n) is 4.83. The summed E-state index contributed by atoms with van der Waals surface area (Å²) in [7, 11) is 1.56. The predicted octanol–water partition coefficient (Wildman–Crippen LogP) is 1.87. The highest BCUT2D eigenvalue weighted by Crippen LogP contribution is 2.34. The van der Waals surface area contributed by atoms with E-state index in [0.29, 0.717) is 17.1 Å². The van der Waals surface area contributed by atoms with E-state index in [1.807, 2.05) is 6.07 Å². The Morgan fingerprint density at radius 3 is 2.61 bits per heavy atom. The maximum Gasteiger partial charge on any atom is 0.166 e. The van der Waals surface area contributed by atoms with Gasteiger partial charge in [-0.2, -0.15) is 0 Å². The lowest BCUT2D eigenvalue weighted by molar-refractivity contribution is 0.000117. The molecule has 0 aromatic heterocycles. The molecule has 0 saturated heterocycles. The monoisotopic (exact) mass is 252 g/mol. The first-order valence-corrected chi connectivity index (χ1v) is 6.30. The average Bonchev–Trinajstić information content (AvgIpc) is 2.83. The minimum Gasteiger partial charge on any atom is -0.493 e. The number of rotatable bonds is 5. The van der Waals surface area contributed by atoms with Crippen molar-refractivity contribution in [3.8, 4) is 11.5 Å². The van der Waals surface area contributed by atoms with Crippen molar-refractivity contribution in [3.05, 3.63) is 23.8 Å². The topological polar surface area (TPSA) is 58.9 Å². The molecular weight excluding hydrogens is 232 g/mol. The third-order valence-corrected chi connectivity index (χ3v) is 3.47. The Kier molecular flexibility index (Phi) is 4.09. The van der Waals surface area contributed by atoms with E-state index in [9.17, 15) is 10.2 Å². The zero-order chi connectivity index (χ0) is 13.0. The van der Waals surface area contributed by atoms with Gasteiger partial charge < -0.3 is 19.7 Å². The van der Waals surface area contributed by atoms with Crippen LogP contribution < -0.4 is 9.47 Å². The minimum atomic E-state index is -0.729. The van der Waals surface area contributed by atoms with Crippen molar-refractivity contribution in [2.24, 2.45) is 0 Å². The van der Waals surface area contributed by atoms with Crippen LogP contribution in [-0.4, -0.2) is 29.5 Å². The fourth-order valence-corrected chi connectivity index (χ4v) is 2.39. The first-order chi connectivity index (χ1) is 8.68. The zero-order valence-electron chi connectivity index (χ0n) is 10.7. The van der Waals surface area contributed by atoms with Gasteiger partial charge in [-0.15, -0.1) is 0 Å². The van der Waals surface area contributed by atoms with Crippen molar-refractivity contribution >= 4 is 0 Å². The van der Waals surface area contributed by atoms with Gasteiger partial charge in [0.05, 0.1) is 19.3 Å². The van der Waals surface area contributed by atoms with Crippen LogP contribution in [0, 0.1) is 0 Å². The summed E-state index contributed by atoms with van der Waals surface area (Å²) >= 11 is 0. The van der Waals surface area contributed by atoms with Crippen molar-refractivity contribution in [3.63, 3.8) is 0 Å². The van der Waals surface area contributed by atoms with Crippen LogP contribution in [0.1, 0.15) is 31.2 Å². The van der Waals surface area contributed by atoms with Crippen LogP contribution in [0.3, 0.4) is 0 Å². The molecule has 1 fully saturated rings. The molecule has 2 N–H and O–H groups in total. The molecule has 0 amide bonds. The number of methoxy groups -OCH3 is 1. The Morgan fingerprint density at radius 2 is 2.00 bits per heavy atom. The first-order valence-electron chi connectivity index (χ1n) is 6.30. The molecule has 0 atom stereocenters. The van der Waals surface area contributed by atoms with Crippen molar-refractivity contribution in [1.82, 2.24) is 0 Å². The average molecular weight is 252 g/mol. The van der Waals surface area contributed by atoms with E-state index in [2.05, 4.69) is 0 Å². The van der Waals surface area contributed by atoms with Gasteiger partial charge in [0.25, 0.3) is 0 Å². The molecule has 1 saturated carbocycles. The fraction of sp³-hybridized carbons (Fsp3) is 0.571. The quantitative estimate of drug-likeness (QED) is 0.840. The van der Waals surface area contributed by atoms with Crippen LogP contribution in [0.5, 0.6) is 11.5 Å². The number of aliphatic hydroxyl groups is 2. The second-order valence-corrected chi connectivity index (χ2v) is 4.83. The van der Waals surface area contributed by atoms with Gasteiger partial charge in [-0.25, -0.2) is 0 Å². The van der Waals surface area contributed by atoms with Gasteiger partial charge in [-0.1, -0.05) is 25.0 Å². The maximum absolute atomic E-state index is 10.3. The van der Waals surface area contributed by atoms with E-state index >= 15 is 0 Å². The SMILES string of the molecule is COc1cccc(CO)c1OCC1(O)CCCC1. The highest BCUT2D eigenvalue weighted by Gasteiger charge is 2.32. The van der Waals surface area contributed by atoms with Crippen LogP contribution in [0.25, 0.3) is 0 Å². The Hall–Kier alpha value is -1.26. The molecule has 100 valence electrons. The van der Waals surface area contributed by atoms with E-state index in [-0.39, 0.29) is 13.2 Å². The Labute approximate surface area is 107 Å². The van der Waals surface area contributed by atoms with Crippen molar-refractivity contribution in [1.29, 1.82) is 0 Å². The highest BCUT2D eigenvalue weighted by molar-refractivity contribution is 5.46. The molecule has 0 spiro atoms. The predicted molar refractivity (Wildman–Crippen MR) is 67.8 cm³/mol. The minimum absolute atomic E-state index is 0.106. The zero-order valence-corrected chi connectivity index (χ0v) is 10.7. The number of benzene rings is 1. The van der Waals surface area contributed by atoms with Crippen LogP contribution in [0.4, 0.5) is 0 Å². The van der Waals surface area contributed by atoms with E-state index in [1.54, 1.807) is 19.2 Å². The summed E-state index contributed by atoms with van der Waals surface area (Å²) < 4.78 is 10.9. The fourth-order valence-electron chi connectivity index (χ4n) is 2.39. The van der Waals surface area contributed by atoms with Crippen molar-refractivity contribution < 1.29 is 19.7 Å². The molecule has 1 aromatic rings. The van der Waals surface area contributed by atoms with Gasteiger partial charge in [0.2, 0.25) is 0 Å². The lowest BCUT2D eigenvalue weighted by atomic mass is 10.0.